The molecule has 2 rings (SSSR count). The zero-order valence-electron chi connectivity index (χ0n) is 9.66. The van der Waals surface area contributed by atoms with Crippen LogP contribution in [0.2, 0.25) is 5.02 Å². The summed E-state index contributed by atoms with van der Waals surface area (Å²) in [6.45, 7) is 0.760. The van der Waals surface area contributed by atoms with Crippen molar-refractivity contribution in [2.24, 2.45) is 5.73 Å². The minimum absolute atomic E-state index is 0.0436. The van der Waals surface area contributed by atoms with Crippen molar-refractivity contribution >= 4 is 11.6 Å². The lowest BCUT2D eigenvalue weighted by molar-refractivity contribution is 0.000510. The van der Waals surface area contributed by atoms with Gasteiger partial charge in [-0.25, -0.2) is 4.39 Å². The highest BCUT2D eigenvalue weighted by atomic mass is 35.5. The Morgan fingerprint density at radius 1 is 1.47 bits per heavy atom. The molecule has 1 saturated heterocycles. The fourth-order valence-corrected chi connectivity index (χ4v) is 2.38. The SMILES string of the molecule is NC(Cc1cc(Cl)ccc1F)C1CCCCO1. The Balaban J connectivity index is 2.01. The molecule has 1 fully saturated rings. The van der Waals surface area contributed by atoms with Crippen LogP contribution in [0.15, 0.2) is 18.2 Å². The summed E-state index contributed by atoms with van der Waals surface area (Å²) in [6, 6.07) is 4.40. The first-order chi connectivity index (χ1) is 8.16. The molecule has 0 bridgehead atoms. The maximum Gasteiger partial charge on any atom is 0.126 e. The van der Waals surface area contributed by atoms with Gasteiger partial charge in [0.1, 0.15) is 5.82 Å². The molecule has 17 heavy (non-hydrogen) atoms. The number of halogens is 2. The molecule has 2 nitrogen and oxygen atoms in total. The summed E-state index contributed by atoms with van der Waals surface area (Å²) in [5.41, 5.74) is 6.63. The van der Waals surface area contributed by atoms with Gasteiger partial charge < -0.3 is 10.5 Å². The van der Waals surface area contributed by atoms with E-state index in [1.165, 1.54) is 6.07 Å². The molecule has 1 aromatic carbocycles. The van der Waals surface area contributed by atoms with E-state index in [0.29, 0.717) is 17.0 Å². The molecule has 1 aromatic rings. The van der Waals surface area contributed by atoms with E-state index in [9.17, 15) is 4.39 Å². The van der Waals surface area contributed by atoms with Gasteiger partial charge in [0.2, 0.25) is 0 Å². The molecule has 2 N–H and O–H groups in total. The predicted molar refractivity (Wildman–Crippen MR) is 66.7 cm³/mol. The highest BCUT2D eigenvalue weighted by molar-refractivity contribution is 6.30. The van der Waals surface area contributed by atoms with E-state index in [1.54, 1.807) is 12.1 Å². The second kappa shape index (κ2) is 5.80. The summed E-state index contributed by atoms with van der Waals surface area (Å²) in [5.74, 6) is -0.249. The third-order valence-electron chi connectivity index (χ3n) is 3.16. The molecule has 0 aromatic heterocycles. The van der Waals surface area contributed by atoms with Crippen molar-refractivity contribution in [2.45, 2.75) is 37.8 Å². The molecule has 2 unspecified atom stereocenters. The first kappa shape index (κ1) is 12.8. The Morgan fingerprint density at radius 2 is 2.29 bits per heavy atom. The van der Waals surface area contributed by atoms with Crippen LogP contribution in [0.1, 0.15) is 24.8 Å². The molecule has 1 aliphatic heterocycles. The van der Waals surface area contributed by atoms with Gasteiger partial charge in [0, 0.05) is 17.7 Å². The predicted octanol–water partition coefficient (Wildman–Crippen LogP) is 2.92. The number of nitrogens with two attached hydrogens (primary N) is 1. The second-order valence-corrected chi connectivity index (χ2v) is 4.95. The Hall–Kier alpha value is -0.640. The number of hydrogen-bond donors (Lipinski definition) is 1. The number of hydrogen-bond acceptors (Lipinski definition) is 2. The van der Waals surface area contributed by atoms with Crippen molar-refractivity contribution in [3.05, 3.63) is 34.6 Å². The van der Waals surface area contributed by atoms with E-state index in [2.05, 4.69) is 0 Å². The van der Waals surface area contributed by atoms with E-state index in [-0.39, 0.29) is 18.0 Å². The summed E-state index contributed by atoms with van der Waals surface area (Å²) in [7, 11) is 0. The quantitative estimate of drug-likeness (QED) is 0.904. The van der Waals surface area contributed by atoms with E-state index in [4.69, 9.17) is 22.1 Å². The summed E-state index contributed by atoms with van der Waals surface area (Å²) in [4.78, 5) is 0. The lowest BCUT2D eigenvalue weighted by Gasteiger charge is -2.28. The monoisotopic (exact) mass is 257 g/mol. The van der Waals surface area contributed by atoms with Crippen LogP contribution in [0.25, 0.3) is 0 Å². The normalized spacial score (nSPS) is 22.4. The summed E-state index contributed by atoms with van der Waals surface area (Å²) >= 11 is 5.85. The zero-order chi connectivity index (χ0) is 12.3. The first-order valence-corrected chi connectivity index (χ1v) is 6.36. The van der Waals surface area contributed by atoms with Crippen molar-refractivity contribution in [1.82, 2.24) is 0 Å². The van der Waals surface area contributed by atoms with Crippen LogP contribution in [0.3, 0.4) is 0 Å². The topological polar surface area (TPSA) is 35.2 Å². The lowest BCUT2D eigenvalue weighted by atomic mass is 9.96. The molecule has 0 amide bonds. The second-order valence-electron chi connectivity index (χ2n) is 4.51. The highest BCUT2D eigenvalue weighted by Gasteiger charge is 2.22. The number of benzene rings is 1. The smallest absolute Gasteiger partial charge is 0.126 e. The maximum atomic E-state index is 13.5. The van der Waals surface area contributed by atoms with E-state index in [0.717, 1.165) is 25.9 Å². The van der Waals surface area contributed by atoms with Crippen LogP contribution in [0.4, 0.5) is 4.39 Å². The van der Waals surface area contributed by atoms with E-state index in [1.807, 2.05) is 0 Å². The fourth-order valence-electron chi connectivity index (χ4n) is 2.19. The third kappa shape index (κ3) is 3.41. The third-order valence-corrected chi connectivity index (χ3v) is 3.39. The highest BCUT2D eigenvalue weighted by Crippen LogP contribution is 2.20. The Morgan fingerprint density at radius 3 is 3.00 bits per heavy atom. The van der Waals surface area contributed by atoms with Gasteiger partial charge in [0.15, 0.2) is 0 Å². The zero-order valence-corrected chi connectivity index (χ0v) is 10.4. The Labute approximate surface area is 106 Å². The van der Waals surface area contributed by atoms with Gasteiger partial charge in [-0.05, 0) is 49.4 Å². The standard InChI is InChI=1S/C13H17ClFNO/c14-10-4-5-11(15)9(7-10)8-12(16)13-3-1-2-6-17-13/h4-5,7,12-13H,1-3,6,8,16H2. The summed E-state index contributed by atoms with van der Waals surface area (Å²) in [6.07, 6.45) is 3.70. The lowest BCUT2D eigenvalue weighted by Crippen LogP contribution is -2.40. The molecule has 0 radical (unpaired) electrons. The summed E-state index contributed by atoms with van der Waals surface area (Å²) < 4.78 is 19.1. The molecule has 0 saturated carbocycles. The van der Waals surface area contributed by atoms with Crippen LogP contribution >= 0.6 is 11.6 Å². The van der Waals surface area contributed by atoms with Gasteiger partial charge in [-0.3, -0.25) is 0 Å². The minimum Gasteiger partial charge on any atom is -0.377 e. The number of ether oxygens (including phenoxy) is 1. The van der Waals surface area contributed by atoms with Crippen LogP contribution in [0.5, 0.6) is 0 Å². The molecule has 0 aliphatic carbocycles. The minimum atomic E-state index is -0.249. The van der Waals surface area contributed by atoms with Crippen molar-refractivity contribution in [3.8, 4) is 0 Å². The maximum absolute atomic E-state index is 13.5. The van der Waals surface area contributed by atoms with Crippen molar-refractivity contribution < 1.29 is 9.13 Å². The van der Waals surface area contributed by atoms with Gasteiger partial charge in [-0.15, -0.1) is 0 Å². The van der Waals surface area contributed by atoms with Crippen LogP contribution in [-0.2, 0) is 11.2 Å². The fraction of sp³-hybridized carbons (Fsp3) is 0.538. The molecular weight excluding hydrogens is 241 g/mol. The van der Waals surface area contributed by atoms with Gasteiger partial charge in [-0.2, -0.15) is 0 Å². The van der Waals surface area contributed by atoms with Crippen LogP contribution < -0.4 is 5.73 Å². The van der Waals surface area contributed by atoms with Crippen molar-refractivity contribution in [2.75, 3.05) is 6.61 Å². The first-order valence-electron chi connectivity index (χ1n) is 5.98. The molecule has 2 atom stereocenters. The van der Waals surface area contributed by atoms with Crippen LogP contribution in [0, 0.1) is 5.82 Å². The molecule has 1 heterocycles. The van der Waals surface area contributed by atoms with Gasteiger partial charge >= 0.3 is 0 Å². The number of rotatable bonds is 3. The largest absolute Gasteiger partial charge is 0.377 e. The van der Waals surface area contributed by atoms with Gasteiger partial charge in [-0.1, -0.05) is 11.6 Å². The molecule has 0 spiro atoms. The average molecular weight is 258 g/mol. The van der Waals surface area contributed by atoms with Gasteiger partial charge in [0.05, 0.1) is 6.10 Å². The molecular formula is C13H17ClFNO. The van der Waals surface area contributed by atoms with Crippen molar-refractivity contribution in [1.29, 1.82) is 0 Å². The Bertz CT molecular complexity index is 380. The van der Waals surface area contributed by atoms with E-state index >= 15 is 0 Å². The van der Waals surface area contributed by atoms with E-state index < -0.39 is 0 Å². The summed E-state index contributed by atoms with van der Waals surface area (Å²) in [5, 5.41) is 0.540. The van der Waals surface area contributed by atoms with Crippen LogP contribution in [-0.4, -0.2) is 18.8 Å². The average Bonchev–Trinajstić information content (AvgIpc) is 2.35. The molecule has 94 valence electrons. The van der Waals surface area contributed by atoms with Crippen molar-refractivity contribution in [3.63, 3.8) is 0 Å². The molecule has 4 heteroatoms. The Kier molecular flexibility index (Phi) is 4.37. The van der Waals surface area contributed by atoms with Gasteiger partial charge in [0.25, 0.3) is 0 Å². The molecule has 1 aliphatic rings.